The topological polar surface area (TPSA) is 65.5 Å². The Kier molecular flexibility index (Phi) is 5.58. The summed E-state index contributed by atoms with van der Waals surface area (Å²) in [6.45, 7) is 1.45. The number of aryl methyl sites for hydroxylation is 1. The first-order chi connectivity index (χ1) is 13.7. The van der Waals surface area contributed by atoms with Gasteiger partial charge in [0, 0.05) is 18.8 Å². The van der Waals surface area contributed by atoms with E-state index in [1.165, 1.54) is 22.5 Å². The summed E-state index contributed by atoms with van der Waals surface area (Å²) in [7, 11) is 0. The van der Waals surface area contributed by atoms with E-state index in [0.29, 0.717) is 10.0 Å². The Morgan fingerprint density at radius 3 is 2.79 bits per heavy atom. The summed E-state index contributed by atoms with van der Waals surface area (Å²) in [6, 6.07) is 18.3. The fourth-order valence-electron chi connectivity index (χ4n) is 3.52. The Balaban J connectivity index is 1.38. The van der Waals surface area contributed by atoms with Crippen molar-refractivity contribution in [1.82, 2.24) is 4.98 Å². The molecule has 0 atom stereocenters. The number of aromatic hydroxyl groups is 1. The van der Waals surface area contributed by atoms with Crippen LogP contribution in [0.15, 0.2) is 54.6 Å². The molecule has 2 N–H and O–H groups in total. The molecule has 3 aromatic rings. The van der Waals surface area contributed by atoms with Crippen LogP contribution in [-0.4, -0.2) is 29.1 Å². The van der Waals surface area contributed by atoms with Gasteiger partial charge in [-0.3, -0.25) is 4.79 Å². The maximum atomic E-state index is 12.9. The Morgan fingerprint density at radius 2 is 1.93 bits per heavy atom. The van der Waals surface area contributed by atoms with Gasteiger partial charge in [-0.1, -0.05) is 59.9 Å². The number of carbonyl (C=O) groups excluding carboxylic acids is 1. The molecule has 2 heterocycles. The number of thiazole rings is 1. The zero-order valence-electron chi connectivity index (χ0n) is 15.6. The van der Waals surface area contributed by atoms with Gasteiger partial charge in [-0.05, 0) is 36.5 Å². The third kappa shape index (κ3) is 4.17. The molecule has 0 unspecified atom stereocenters. The van der Waals surface area contributed by atoms with Crippen molar-refractivity contribution in [2.45, 2.75) is 25.7 Å². The molecule has 0 aliphatic carbocycles. The van der Waals surface area contributed by atoms with Crippen molar-refractivity contribution >= 4 is 28.1 Å². The molecular weight excluding hydrogens is 370 g/mol. The highest BCUT2D eigenvalue weighted by molar-refractivity contribution is 7.16. The molecule has 144 valence electrons. The van der Waals surface area contributed by atoms with Crippen molar-refractivity contribution in [1.29, 1.82) is 0 Å². The quantitative estimate of drug-likeness (QED) is 0.664. The van der Waals surface area contributed by atoms with E-state index in [-0.39, 0.29) is 18.2 Å². The van der Waals surface area contributed by atoms with Crippen LogP contribution < -0.4 is 10.2 Å². The molecule has 0 saturated carbocycles. The first-order valence-corrected chi connectivity index (χ1v) is 10.4. The Bertz CT molecular complexity index is 955. The molecule has 1 aliphatic rings. The number of fused-ring (bicyclic) bond motifs is 1. The number of anilines is 2. The third-order valence-corrected chi connectivity index (χ3v) is 5.93. The van der Waals surface area contributed by atoms with Gasteiger partial charge in [-0.2, -0.15) is 4.98 Å². The smallest absolute Gasteiger partial charge is 0.232 e. The van der Waals surface area contributed by atoms with Gasteiger partial charge in [-0.15, -0.1) is 0 Å². The lowest BCUT2D eigenvalue weighted by Gasteiger charge is -2.29. The summed E-state index contributed by atoms with van der Waals surface area (Å²) >= 11 is 1.35. The number of aromatic nitrogens is 1. The predicted octanol–water partition coefficient (Wildman–Crippen LogP) is 4.03. The minimum absolute atomic E-state index is 0.00179. The van der Waals surface area contributed by atoms with Crippen molar-refractivity contribution < 1.29 is 9.90 Å². The number of hydrogen-bond donors (Lipinski definition) is 2. The lowest BCUT2D eigenvalue weighted by atomic mass is 10.0. The highest BCUT2D eigenvalue weighted by atomic mass is 32.1. The lowest BCUT2D eigenvalue weighted by Crippen LogP contribution is -2.36. The number of hydrogen-bond acceptors (Lipinski definition) is 5. The molecule has 0 saturated heterocycles. The molecule has 6 heteroatoms. The number of rotatable bonds is 6. The summed E-state index contributed by atoms with van der Waals surface area (Å²) in [4.78, 5) is 19.5. The molecule has 0 radical (unpaired) electrons. The van der Waals surface area contributed by atoms with Crippen molar-refractivity contribution in [3.05, 3.63) is 70.6 Å². The zero-order chi connectivity index (χ0) is 19.3. The minimum Gasteiger partial charge on any atom is -0.492 e. The zero-order valence-corrected chi connectivity index (χ0v) is 16.4. The first-order valence-electron chi connectivity index (χ1n) is 9.55. The van der Waals surface area contributed by atoms with E-state index in [1.54, 1.807) is 0 Å². The number of nitrogens with zero attached hydrogens (tertiary/aromatic N) is 2. The van der Waals surface area contributed by atoms with Gasteiger partial charge in [0.1, 0.15) is 0 Å². The highest BCUT2D eigenvalue weighted by Gasteiger charge is 2.24. The minimum atomic E-state index is -0.0501. The Labute approximate surface area is 168 Å². The number of benzene rings is 2. The van der Waals surface area contributed by atoms with Crippen LogP contribution >= 0.6 is 11.3 Å². The van der Waals surface area contributed by atoms with E-state index in [0.717, 1.165) is 38.0 Å². The summed E-state index contributed by atoms with van der Waals surface area (Å²) in [5, 5.41) is 14.1. The van der Waals surface area contributed by atoms with Crippen LogP contribution in [0.3, 0.4) is 0 Å². The molecule has 0 spiro atoms. The van der Waals surface area contributed by atoms with Crippen LogP contribution in [0.5, 0.6) is 5.88 Å². The average molecular weight is 394 g/mol. The summed E-state index contributed by atoms with van der Waals surface area (Å²) in [5.41, 5.74) is 3.44. The average Bonchev–Trinajstić information content (AvgIpc) is 3.07. The SMILES string of the molecule is O=C(Cc1sc(NCCc2ccccc2)nc1O)N1CCCc2ccccc21. The van der Waals surface area contributed by atoms with Gasteiger partial charge < -0.3 is 15.3 Å². The maximum Gasteiger partial charge on any atom is 0.232 e. The maximum absolute atomic E-state index is 12.9. The number of para-hydroxylation sites is 1. The van der Waals surface area contributed by atoms with E-state index in [9.17, 15) is 9.90 Å². The fraction of sp³-hybridized carbons (Fsp3) is 0.273. The fourth-order valence-corrected chi connectivity index (χ4v) is 4.39. The Morgan fingerprint density at radius 1 is 1.14 bits per heavy atom. The molecule has 1 aromatic heterocycles. The van der Waals surface area contributed by atoms with Gasteiger partial charge in [0.2, 0.25) is 11.8 Å². The molecule has 1 aliphatic heterocycles. The molecule has 5 nitrogen and oxygen atoms in total. The predicted molar refractivity (Wildman–Crippen MR) is 113 cm³/mol. The Hall–Kier alpha value is -2.86. The monoisotopic (exact) mass is 393 g/mol. The van der Waals surface area contributed by atoms with Crippen LogP contribution in [0.2, 0.25) is 0 Å². The van der Waals surface area contributed by atoms with E-state index < -0.39 is 0 Å². The second-order valence-corrected chi connectivity index (χ2v) is 7.97. The largest absolute Gasteiger partial charge is 0.492 e. The van der Waals surface area contributed by atoms with E-state index in [1.807, 2.05) is 41.3 Å². The van der Waals surface area contributed by atoms with Crippen LogP contribution in [-0.2, 0) is 24.1 Å². The molecule has 0 bridgehead atoms. The van der Waals surface area contributed by atoms with Crippen LogP contribution in [0.25, 0.3) is 0 Å². The number of amides is 1. The van der Waals surface area contributed by atoms with Gasteiger partial charge in [0.25, 0.3) is 0 Å². The van der Waals surface area contributed by atoms with Crippen molar-refractivity contribution in [3.8, 4) is 5.88 Å². The number of nitrogens with one attached hydrogen (secondary N) is 1. The van der Waals surface area contributed by atoms with Crippen LogP contribution in [0.1, 0.15) is 22.4 Å². The molecule has 28 heavy (non-hydrogen) atoms. The summed E-state index contributed by atoms with van der Waals surface area (Å²) < 4.78 is 0. The van der Waals surface area contributed by atoms with E-state index >= 15 is 0 Å². The van der Waals surface area contributed by atoms with Crippen LogP contribution in [0.4, 0.5) is 10.8 Å². The van der Waals surface area contributed by atoms with Gasteiger partial charge in [0.15, 0.2) is 5.13 Å². The number of carbonyl (C=O) groups is 1. The van der Waals surface area contributed by atoms with Gasteiger partial charge in [0.05, 0.1) is 11.3 Å². The second kappa shape index (κ2) is 8.44. The van der Waals surface area contributed by atoms with Crippen molar-refractivity contribution in [3.63, 3.8) is 0 Å². The molecule has 0 fully saturated rings. The normalized spacial score (nSPS) is 13.2. The summed E-state index contributed by atoms with van der Waals surface area (Å²) in [5.74, 6) is -0.0483. The highest BCUT2D eigenvalue weighted by Crippen LogP contribution is 2.31. The molecule has 2 aromatic carbocycles. The lowest BCUT2D eigenvalue weighted by molar-refractivity contribution is -0.118. The summed E-state index contributed by atoms with van der Waals surface area (Å²) in [6.07, 6.45) is 3.00. The van der Waals surface area contributed by atoms with Gasteiger partial charge >= 0.3 is 0 Å². The third-order valence-electron chi connectivity index (χ3n) is 4.93. The molecule has 4 rings (SSSR count). The molecular formula is C22H23N3O2S. The standard InChI is InChI=1S/C22H23N3O2S/c26-20(25-14-6-10-17-9-4-5-11-18(17)25)15-19-21(27)24-22(28-19)23-13-12-16-7-2-1-3-8-16/h1-5,7-9,11,27H,6,10,12-15H2,(H,23,24). The van der Waals surface area contributed by atoms with Crippen LogP contribution in [0, 0.1) is 0 Å². The van der Waals surface area contributed by atoms with Crippen molar-refractivity contribution in [2.24, 2.45) is 0 Å². The van der Waals surface area contributed by atoms with E-state index in [2.05, 4.69) is 28.5 Å². The van der Waals surface area contributed by atoms with Gasteiger partial charge in [-0.25, -0.2) is 0 Å². The second-order valence-electron chi connectivity index (χ2n) is 6.88. The first kappa shape index (κ1) is 18.5. The van der Waals surface area contributed by atoms with E-state index in [4.69, 9.17) is 0 Å². The molecule has 1 amide bonds. The van der Waals surface area contributed by atoms with Crippen molar-refractivity contribution in [2.75, 3.05) is 23.3 Å².